The van der Waals surface area contributed by atoms with Gasteiger partial charge in [-0.2, -0.15) is 0 Å². The SMILES string of the molecule is CCc1ccnc(COC(C)=O)c1OC(C)=O.Cl. The lowest BCUT2D eigenvalue weighted by molar-refractivity contribution is -0.142. The predicted octanol–water partition coefficient (Wildman–Crippen LogP) is 2.05. The third-order valence-corrected chi connectivity index (χ3v) is 2.10. The van der Waals surface area contributed by atoms with Crippen LogP contribution in [0.3, 0.4) is 0 Å². The van der Waals surface area contributed by atoms with Crippen LogP contribution in [-0.2, 0) is 27.4 Å². The minimum atomic E-state index is -0.420. The summed E-state index contributed by atoms with van der Waals surface area (Å²) in [6, 6.07) is 1.77. The van der Waals surface area contributed by atoms with E-state index >= 15 is 0 Å². The average molecular weight is 274 g/mol. The number of aromatic nitrogens is 1. The first kappa shape index (κ1) is 16.4. The van der Waals surface area contributed by atoms with E-state index in [4.69, 9.17) is 9.47 Å². The second kappa shape index (κ2) is 7.66. The van der Waals surface area contributed by atoms with Crippen molar-refractivity contribution in [3.63, 3.8) is 0 Å². The fourth-order valence-electron chi connectivity index (χ4n) is 1.36. The molecular weight excluding hydrogens is 258 g/mol. The van der Waals surface area contributed by atoms with Gasteiger partial charge in [-0.25, -0.2) is 0 Å². The highest BCUT2D eigenvalue weighted by molar-refractivity contribution is 5.85. The zero-order chi connectivity index (χ0) is 12.8. The number of rotatable bonds is 4. The van der Waals surface area contributed by atoms with Crippen LogP contribution in [0, 0.1) is 0 Å². The zero-order valence-corrected chi connectivity index (χ0v) is 11.4. The highest BCUT2D eigenvalue weighted by Crippen LogP contribution is 2.23. The molecule has 0 spiro atoms. The molecule has 18 heavy (non-hydrogen) atoms. The molecule has 6 heteroatoms. The van der Waals surface area contributed by atoms with Crippen LogP contribution in [0.1, 0.15) is 32.0 Å². The molecule has 0 aromatic carbocycles. The molecule has 0 aliphatic rings. The van der Waals surface area contributed by atoms with Crippen LogP contribution in [0.2, 0.25) is 0 Å². The van der Waals surface area contributed by atoms with E-state index in [0.29, 0.717) is 17.9 Å². The molecule has 0 atom stereocenters. The molecule has 0 saturated heterocycles. The Kier molecular flexibility index (Phi) is 6.97. The van der Waals surface area contributed by atoms with Crippen LogP contribution in [0.15, 0.2) is 12.3 Å². The summed E-state index contributed by atoms with van der Waals surface area (Å²) in [4.78, 5) is 25.8. The van der Waals surface area contributed by atoms with E-state index in [9.17, 15) is 9.59 Å². The van der Waals surface area contributed by atoms with Gasteiger partial charge in [0.05, 0.1) is 0 Å². The van der Waals surface area contributed by atoms with Crippen molar-refractivity contribution in [1.29, 1.82) is 0 Å². The third kappa shape index (κ3) is 4.71. The van der Waals surface area contributed by atoms with Gasteiger partial charge in [-0.05, 0) is 18.1 Å². The lowest BCUT2D eigenvalue weighted by atomic mass is 10.1. The van der Waals surface area contributed by atoms with E-state index in [2.05, 4.69) is 4.98 Å². The van der Waals surface area contributed by atoms with Crippen molar-refractivity contribution in [3.05, 3.63) is 23.5 Å². The van der Waals surface area contributed by atoms with Gasteiger partial charge in [-0.1, -0.05) is 6.92 Å². The van der Waals surface area contributed by atoms with Crippen molar-refractivity contribution in [2.75, 3.05) is 0 Å². The Morgan fingerprint density at radius 1 is 1.28 bits per heavy atom. The number of pyridine rings is 1. The summed E-state index contributed by atoms with van der Waals surface area (Å²) in [6.45, 7) is 4.58. The van der Waals surface area contributed by atoms with Gasteiger partial charge >= 0.3 is 11.9 Å². The Labute approximate surface area is 112 Å². The molecule has 1 aromatic heterocycles. The van der Waals surface area contributed by atoms with Gasteiger partial charge in [0.1, 0.15) is 12.3 Å². The van der Waals surface area contributed by atoms with Crippen LogP contribution >= 0.6 is 12.4 Å². The van der Waals surface area contributed by atoms with E-state index < -0.39 is 11.9 Å². The first-order valence-corrected chi connectivity index (χ1v) is 5.33. The number of hydrogen-bond donors (Lipinski definition) is 0. The molecule has 0 saturated carbocycles. The first-order chi connectivity index (χ1) is 8.04. The van der Waals surface area contributed by atoms with Gasteiger partial charge in [0.15, 0.2) is 5.75 Å². The Morgan fingerprint density at radius 2 is 1.94 bits per heavy atom. The van der Waals surface area contributed by atoms with E-state index in [1.807, 2.05) is 6.92 Å². The summed E-state index contributed by atoms with van der Waals surface area (Å²) in [5.41, 5.74) is 1.31. The number of nitrogens with zero attached hydrogens (tertiary/aromatic N) is 1. The topological polar surface area (TPSA) is 65.5 Å². The monoisotopic (exact) mass is 273 g/mol. The number of carbonyl (C=O) groups excluding carboxylic acids is 2. The zero-order valence-electron chi connectivity index (χ0n) is 10.6. The van der Waals surface area contributed by atoms with Gasteiger partial charge < -0.3 is 9.47 Å². The maximum absolute atomic E-state index is 11.0. The lowest BCUT2D eigenvalue weighted by Crippen LogP contribution is -2.09. The van der Waals surface area contributed by atoms with Gasteiger partial charge in [-0.15, -0.1) is 12.4 Å². The Hall–Kier alpha value is -1.62. The maximum atomic E-state index is 11.0. The predicted molar refractivity (Wildman–Crippen MR) is 67.6 cm³/mol. The average Bonchev–Trinajstić information content (AvgIpc) is 2.26. The van der Waals surface area contributed by atoms with Crippen LogP contribution in [0.5, 0.6) is 5.75 Å². The molecule has 1 rings (SSSR count). The molecule has 100 valence electrons. The summed E-state index contributed by atoms with van der Waals surface area (Å²) < 4.78 is 9.96. The number of esters is 2. The largest absolute Gasteiger partial charge is 0.459 e. The molecule has 0 radical (unpaired) electrons. The number of carbonyl (C=O) groups is 2. The third-order valence-electron chi connectivity index (χ3n) is 2.10. The molecule has 1 aromatic rings. The van der Waals surface area contributed by atoms with Crippen LogP contribution in [0.25, 0.3) is 0 Å². The van der Waals surface area contributed by atoms with Gasteiger partial charge in [0.2, 0.25) is 0 Å². The second-order valence-electron chi connectivity index (χ2n) is 3.47. The fourth-order valence-corrected chi connectivity index (χ4v) is 1.36. The highest BCUT2D eigenvalue weighted by Gasteiger charge is 2.13. The number of halogens is 1. The van der Waals surface area contributed by atoms with Crippen molar-refractivity contribution in [3.8, 4) is 5.75 Å². The Morgan fingerprint density at radius 3 is 2.44 bits per heavy atom. The normalized spacial score (nSPS) is 9.28. The van der Waals surface area contributed by atoms with Crippen LogP contribution in [-0.4, -0.2) is 16.9 Å². The molecule has 0 aliphatic heterocycles. The highest BCUT2D eigenvalue weighted by atomic mass is 35.5. The van der Waals surface area contributed by atoms with Crippen molar-refractivity contribution >= 4 is 24.3 Å². The van der Waals surface area contributed by atoms with Crippen molar-refractivity contribution in [2.45, 2.75) is 33.8 Å². The van der Waals surface area contributed by atoms with Crippen molar-refractivity contribution < 1.29 is 19.1 Å². The molecule has 0 amide bonds. The summed E-state index contributed by atoms with van der Waals surface area (Å²) in [6.07, 6.45) is 2.31. The van der Waals surface area contributed by atoms with Gasteiger partial charge in [0.25, 0.3) is 0 Å². The molecule has 1 heterocycles. The summed E-state index contributed by atoms with van der Waals surface area (Å²) in [7, 11) is 0. The van der Waals surface area contributed by atoms with Crippen molar-refractivity contribution in [1.82, 2.24) is 4.98 Å². The van der Waals surface area contributed by atoms with Crippen molar-refractivity contribution in [2.24, 2.45) is 0 Å². The summed E-state index contributed by atoms with van der Waals surface area (Å²) in [5, 5.41) is 0. The molecule has 0 unspecified atom stereocenters. The smallest absolute Gasteiger partial charge is 0.308 e. The van der Waals surface area contributed by atoms with Gasteiger partial charge in [-0.3, -0.25) is 14.6 Å². The maximum Gasteiger partial charge on any atom is 0.308 e. The van der Waals surface area contributed by atoms with Crippen LogP contribution in [0.4, 0.5) is 0 Å². The standard InChI is InChI=1S/C12H15NO4.ClH/c1-4-10-5-6-13-11(7-16-8(2)14)12(10)17-9(3)15;/h5-6H,4,7H2,1-3H3;1H. The van der Waals surface area contributed by atoms with Crippen LogP contribution < -0.4 is 4.74 Å². The minimum absolute atomic E-state index is 0. The summed E-state index contributed by atoms with van der Waals surface area (Å²) >= 11 is 0. The van der Waals surface area contributed by atoms with E-state index in [1.165, 1.54) is 13.8 Å². The Bertz CT molecular complexity index is 434. The second-order valence-corrected chi connectivity index (χ2v) is 3.47. The van der Waals surface area contributed by atoms with E-state index in [0.717, 1.165) is 5.56 Å². The molecule has 0 N–H and O–H groups in total. The first-order valence-electron chi connectivity index (χ1n) is 5.33. The molecule has 5 nitrogen and oxygen atoms in total. The van der Waals surface area contributed by atoms with E-state index in [1.54, 1.807) is 12.3 Å². The quantitative estimate of drug-likeness (QED) is 0.786. The number of aryl methyl sites for hydroxylation is 1. The summed E-state index contributed by atoms with van der Waals surface area (Å²) in [5.74, 6) is -0.428. The minimum Gasteiger partial charge on any atom is -0.459 e. The Balaban J connectivity index is 0.00000289. The molecule has 0 fully saturated rings. The van der Waals surface area contributed by atoms with E-state index in [-0.39, 0.29) is 19.0 Å². The van der Waals surface area contributed by atoms with Gasteiger partial charge in [0, 0.05) is 20.0 Å². The molecule has 0 bridgehead atoms. The molecule has 0 aliphatic carbocycles. The molecular formula is C12H16ClNO4. The number of ether oxygens (including phenoxy) is 2. The fraction of sp³-hybridized carbons (Fsp3) is 0.417. The lowest BCUT2D eigenvalue weighted by Gasteiger charge is -2.11. The number of hydrogen-bond acceptors (Lipinski definition) is 5.